The fourth-order valence-corrected chi connectivity index (χ4v) is 6.88. The van der Waals surface area contributed by atoms with E-state index in [0.29, 0.717) is 29.3 Å². The maximum Gasteiger partial charge on any atom is 0.285 e. The maximum atomic E-state index is 13.8. The molecule has 6 rings (SSSR count). The minimum absolute atomic E-state index is 0.0317. The number of halogens is 1. The van der Waals surface area contributed by atoms with Crippen molar-refractivity contribution in [3.8, 4) is 5.88 Å². The third kappa shape index (κ3) is 5.87. The van der Waals surface area contributed by atoms with E-state index in [9.17, 15) is 18.0 Å². The number of amides is 1. The summed E-state index contributed by atoms with van der Waals surface area (Å²) in [5.41, 5.74) is 3.14. The average Bonchev–Trinajstić information content (AvgIpc) is 3.60. The van der Waals surface area contributed by atoms with E-state index in [0.717, 1.165) is 36.0 Å². The Hall–Kier alpha value is -4.43. The van der Waals surface area contributed by atoms with Crippen molar-refractivity contribution < 1.29 is 17.9 Å². The van der Waals surface area contributed by atoms with Crippen molar-refractivity contribution in [3.05, 3.63) is 74.9 Å². The number of benzene rings is 1. The number of carbonyl (C=O) groups is 1. The smallest absolute Gasteiger partial charge is 0.285 e. The van der Waals surface area contributed by atoms with Gasteiger partial charge in [0.25, 0.3) is 11.5 Å². The molecule has 2 aliphatic rings. The first kappa shape index (κ1) is 30.6. The van der Waals surface area contributed by atoms with E-state index in [1.54, 1.807) is 31.0 Å². The molecule has 1 amide bonds. The number of nitrogens with zero attached hydrogens (tertiary/aromatic N) is 6. The monoisotopic (exact) mass is 652 g/mol. The zero-order valence-corrected chi connectivity index (χ0v) is 27.0. The van der Waals surface area contributed by atoms with Gasteiger partial charge in [-0.15, -0.1) is 0 Å². The predicted molar refractivity (Wildman–Crippen MR) is 173 cm³/mol. The summed E-state index contributed by atoms with van der Waals surface area (Å²) in [6.45, 7) is 5.25. The summed E-state index contributed by atoms with van der Waals surface area (Å²) in [4.78, 5) is 44.5. The number of piperazine rings is 1. The highest BCUT2D eigenvalue weighted by Crippen LogP contribution is 2.38. The molecule has 2 aliphatic heterocycles. The minimum Gasteiger partial charge on any atom is -0.481 e. The number of pyridine rings is 2. The van der Waals surface area contributed by atoms with Crippen molar-refractivity contribution in [3.63, 3.8) is 0 Å². The normalized spacial score (nSPS) is 18.4. The molecule has 2 saturated heterocycles. The number of ether oxygens (including phenoxy) is 1. The molecular weight excluding hydrogens is 620 g/mol. The SMILES string of the molecule is COc1cc(N2C[C@@H]3C[C@H]2CN3c2nc3c([C@@H](C)Nc4ccc(Cl)nc4C(=O)NS(C)(=O)=O)cc(C)cc3c(=O)n2C)ccn1. The lowest BCUT2D eigenvalue weighted by molar-refractivity contribution is 0.0977. The molecule has 13 nitrogen and oxygen atoms in total. The molecule has 3 atom stereocenters. The Morgan fingerprint density at radius 2 is 1.84 bits per heavy atom. The van der Waals surface area contributed by atoms with Gasteiger partial charge in [0.2, 0.25) is 21.9 Å². The number of carbonyl (C=O) groups excluding carboxylic acids is 1. The zero-order chi connectivity index (χ0) is 32.2. The molecule has 0 radical (unpaired) electrons. The van der Waals surface area contributed by atoms with Crippen LogP contribution in [0, 0.1) is 6.92 Å². The van der Waals surface area contributed by atoms with E-state index in [-0.39, 0.29) is 34.2 Å². The lowest BCUT2D eigenvalue weighted by atomic mass is 10.0. The van der Waals surface area contributed by atoms with Crippen LogP contribution in [0.4, 0.5) is 17.3 Å². The van der Waals surface area contributed by atoms with Crippen LogP contribution in [0.15, 0.2) is 47.4 Å². The van der Waals surface area contributed by atoms with Gasteiger partial charge in [0.05, 0.1) is 42.0 Å². The van der Waals surface area contributed by atoms with Crippen LogP contribution in [0.2, 0.25) is 5.15 Å². The van der Waals surface area contributed by atoms with Crippen LogP contribution < -0.4 is 30.1 Å². The molecule has 0 unspecified atom stereocenters. The first-order valence-electron chi connectivity index (χ1n) is 14.3. The molecule has 4 aromatic rings. The topological polar surface area (TPSA) is 152 Å². The lowest BCUT2D eigenvalue weighted by Crippen LogP contribution is -2.48. The first-order chi connectivity index (χ1) is 21.3. The number of aryl methyl sites for hydroxylation is 1. The van der Waals surface area contributed by atoms with E-state index >= 15 is 0 Å². The quantitative estimate of drug-likeness (QED) is 0.270. The largest absolute Gasteiger partial charge is 0.481 e. The first-order valence-corrected chi connectivity index (χ1v) is 16.6. The lowest BCUT2D eigenvalue weighted by Gasteiger charge is -2.36. The highest BCUT2D eigenvalue weighted by atomic mass is 35.5. The number of methoxy groups -OCH3 is 1. The van der Waals surface area contributed by atoms with Crippen molar-refractivity contribution in [2.75, 3.05) is 41.6 Å². The van der Waals surface area contributed by atoms with Crippen molar-refractivity contribution in [2.45, 2.75) is 38.4 Å². The fourth-order valence-electron chi connectivity index (χ4n) is 6.30. The van der Waals surface area contributed by atoms with Crippen molar-refractivity contribution in [1.29, 1.82) is 0 Å². The molecule has 236 valence electrons. The number of nitrogens with one attached hydrogen (secondary N) is 2. The average molecular weight is 653 g/mol. The molecule has 3 aromatic heterocycles. The third-order valence-corrected chi connectivity index (χ3v) is 9.05. The number of rotatable bonds is 8. The van der Waals surface area contributed by atoms with E-state index in [1.165, 1.54) is 6.07 Å². The van der Waals surface area contributed by atoms with E-state index in [2.05, 4.69) is 25.1 Å². The molecule has 2 N–H and O–H groups in total. The summed E-state index contributed by atoms with van der Waals surface area (Å²) in [5, 5.41) is 3.77. The van der Waals surface area contributed by atoms with Gasteiger partial charge in [-0.2, -0.15) is 0 Å². The van der Waals surface area contributed by atoms with Gasteiger partial charge >= 0.3 is 0 Å². The van der Waals surface area contributed by atoms with Gasteiger partial charge in [-0.25, -0.2) is 28.1 Å². The Morgan fingerprint density at radius 1 is 1.11 bits per heavy atom. The highest BCUT2D eigenvalue weighted by Gasteiger charge is 2.45. The van der Waals surface area contributed by atoms with E-state index in [1.807, 2.05) is 42.8 Å². The van der Waals surface area contributed by atoms with Gasteiger partial charge in [-0.3, -0.25) is 14.2 Å². The molecule has 2 bridgehead atoms. The van der Waals surface area contributed by atoms with Crippen LogP contribution in [-0.4, -0.2) is 72.4 Å². The second kappa shape index (κ2) is 11.5. The Bertz CT molecular complexity index is 2000. The van der Waals surface area contributed by atoms with Crippen LogP contribution in [0.25, 0.3) is 10.9 Å². The maximum absolute atomic E-state index is 13.8. The molecule has 5 heterocycles. The van der Waals surface area contributed by atoms with Gasteiger partial charge in [0.1, 0.15) is 5.15 Å². The van der Waals surface area contributed by atoms with Crippen LogP contribution in [-0.2, 0) is 17.1 Å². The van der Waals surface area contributed by atoms with Gasteiger partial charge in [0, 0.05) is 49.7 Å². The molecule has 0 spiro atoms. The number of sulfonamides is 1. The summed E-state index contributed by atoms with van der Waals surface area (Å²) >= 11 is 6.05. The molecule has 15 heteroatoms. The van der Waals surface area contributed by atoms with Crippen LogP contribution in [0.3, 0.4) is 0 Å². The Labute approximate surface area is 265 Å². The zero-order valence-electron chi connectivity index (χ0n) is 25.4. The summed E-state index contributed by atoms with van der Waals surface area (Å²) in [6.07, 6.45) is 3.55. The Balaban J connectivity index is 1.34. The van der Waals surface area contributed by atoms with Crippen molar-refractivity contribution in [2.24, 2.45) is 7.05 Å². The molecule has 1 aromatic carbocycles. The Morgan fingerprint density at radius 3 is 2.53 bits per heavy atom. The van der Waals surface area contributed by atoms with Gasteiger partial charge in [-0.1, -0.05) is 17.7 Å². The van der Waals surface area contributed by atoms with Crippen LogP contribution >= 0.6 is 11.6 Å². The molecular formula is C30H33ClN8O5S. The number of fused-ring (bicyclic) bond motifs is 3. The van der Waals surface area contributed by atoms with E-state index < -0.39 is 22.0 Å². The summed E-state index contributed by atoms with van der Waals surface area (Å²) in [7, 11) is -0.490. The number of aromatic nitrogens is 4. The number of hydrogen-bond donors (Lipinski definition) is 2. The minimum atomic E-state index is -3.84. The number of anilines is 3. The van der Waals surface area contributed by atoms with Gasteiger partial charge < -0.3 is 19.9 Å². The molecule has 2 fully saturated rings. The van der Waals surface area contributed by atoms with Crippen molar-refractivity contribution >= 4 is 55.8 Å². The number of hydrogen-bond acceptors (Lipinski definition) is 11. The highest BCUT2D eigenvalue weighted by molar-refractivity contribution is 7.89. The molecule has 45 heavy (non-hydrogen) atoms. The van der Waals surface area contributed by atoms with Crippen LogP contribution in [0.1, 0.15) is 41.0 Å². The van der Waals surface area contributed by atoms with E-state index in [4.69, 9.17) is 21.3 Å². The standard InChI is InChI=1S/C30H33ClN8O5S/c1-16-10-21(17(2)33-23-6-7-24(31)34-27(23)28(40)36-45(5,42)43)26-22(11-16)29(41)37(3)30(35-26)39-15-19-12-20(39)14-38(19)18-8-9-32-25(13-18)44-4/h6-11,13,17,19-20,33H,12,14-15H2,1-5H3,(H,36,40)/t17-,19+,20+/m1/s1. The second-order valence-corrected chi connectivity index (χ2v) is 13.7. The van der Waals surface area contributed by atoms with Crippen molar-refractivity contribution in [1.82, 2.24) is 24.2 Å². The summed E-state index contributed by atoms with van der Waals surface area (Å²) in [5.74, 6) is 0.237. The van der Waals surface area contributed by atoms with Gasteiger partial charge in [0.15, 0.2) is 5.69 Å². The Kier molecular flexibility index (Phi) is 7.81. The third-order valence-electron chi connectivity index (χ3n) is 8.28. The summed E-state index contributed by atoms with van der Waals surface area (Å²) < 4.78 is 32.3. The van der Waals surface area contributed by atoms with Gasteiger partial charge in [-0.05, 0) is 50.1 Å². The predicted octanol–water partition coefficient (Wildman–Crippen LogP) is 3.02. The molecule has 0 saturated carbocycles. The fraction of sp³-hybridized carbons (Fsp3) is 0.367. The second-order valence-electron chi connectivity index (χ2n) is 11.5. The van der Waals surface area contributed by atoms with Crippen LogP contribution in [0.5, 0.6) is 5.88 Å². The summed E-state index contributed by atoms with van der Waals surface area (Å²) in [6, 6.07) is 10.7. The molecule has 0 aliphatic carbocycles.